The molecule has 0 aliphatic heterocycles. The van der Waals surface area contributed by atoms with E-state index in [1.54, 1.807) is 19.1 Å². The van der Waals surface area contributed by atoms with Crippen LogP contribution in [0.4, 0.5) is 0 Å². The molecule has 0 fully saturated rings. The van der Waals surface area contributed by atoms with Crippen LogP contribution in [0.3, 0.4) is 0 Å². The van der Waals surface area contributed by atoms with Gasteiger partial charge in [0.2, 0.25) is 0 Å². The fraction of sp³-hybridized carbons (Fsp3) is 0.412. The van der Waals surface area contributed by atoms with Gasteiger partial charge in [0.05, 0.1) is 0 Å². The summed E-state index contributed by atoms with van der Waals surface area (Å²) in [5.41, 5.74) is 2.36. The zero-order valence-electron chi connectivity index (χ0n) is 13.1. The van der Waals surface area contributed by atoms with Gasteiger partial charge >= 0.3 is 5.97 Å². The third-order valence-electron chi connectivity index (χ3n) is 2.98. The lowest BCUT2D eigenvalue weighted by molar-refractivity contribution is -0.146. The van der Waals surface area contributed by atoms with Gasteiger partial charge < -0.3 is 10.1 Å². The summed E-state index contributed by atoms with van der Waals surface area (Å²) in [6, 6.07) is 6.53. The minimum absolute atomic E-state index is 0.0583. The third kappa shape index (κ3) is 5.42. The predicted octanol–water partition coefficient (Wildman–Crippen LogP) is 2.87. The van der Waals surface area contributed by atoms with E-state index in [1.807, 2.05) is 32.9 Å². The maximum atomic E-state index is 12.2. The number of esters is 1. The Bertz CT molecular complexity index is 517. The standard InChI is InChI=1S/C17H23NO3/c1-11(2)10-21-17(20)15(12(3)4)18-16(19)14-8-6-13(5)7-9-14/h6-9,12,15H,1,10H2,2-5H3,(H,18,19). The van der Waals surface area contributed by atoms with Gasteiger partial charge in [-0.1, -0.05) is 38.1 Å². The van der Waals surface area contributed by atoms with Gasteiger partial charge in [0.15, 0.2) is 0 Å². The van der Waals surface area contributed by atoms with Crippen molar-refractivity contribution in [3.05, 3.63) is 47.5 Å². The highest BCUT2D eigenvalue weighted by atomic mass is 16.5. The smallest absolute Gasteiger partial charge is 0.329 e. The number of hydrogen-bond donors (Lipinski definition) is 1. The zero-order valence-corrected chi connectivity index (χ0v) is 13.1. The zero-order chi connectivity index (χ0) is 16.0. The van der Waals surface area contributed by atoms with Crippen LogP contribution in [0.25, 0.3) is 0 Å². The number of amides is 1. The number of benzene rings is 1. The average molecular weight is 289 g/mol. The van der Waals surface area contributed by atoms with Crippen molar-refractivity contribution < 1.29 is 14.3 Å². The van der Waals surface area contributed by atoms with Gasteiger partial charge in [-0.15, -0.1) is 0 Å². The second-order valence-electron chi connectivity index (χ2n) is 5.63. The Balaban J connectivity index is 2.73. The van der Waals surface area contributed by atoms with Crippen molar-refractivity contribution >= 4 is 11.9 Å². The Morgan fingerprint density at radius 3 is 2.29 bits per heavy atom. The molecule has 0 aromatic heterocycles. The molecule has 0 saturated heterocycles. The quantitative estimate of drug-likeness (QED) is 0.647. The molecule has 1 aromatic carbocycles. The largest absolute Gasteiger partial charge is 0.460 e. The molecule has 0 bridgehead atoms. The fourth-order valence-electron chi connectivity index (χ4n) is 1.71. The minimum atomic E-state index is -0.668. The summed E-state index contributed by atoms with van der Waals surface area (Å²) < 4.78 is 5.13. The Hall–Kier alpha value is -2.10. The van der Waals surface area contributed by atoms with Crippen molar-refractivity contribution in [3.8, 4) is 0 Å². The van der Waals surface area contributed by atoms with Gasteiger partial charge in [0, 0.05) is 5.56 Å². The monoisotopic (exact) mass is 289 g/mol. The van der Waals surface area contributed by atoms with Crippen LogP contribution in [0.1, 0.15) is 36.7 Å². The molecule has 0 aliphatic rings. The summed E-state index contributed by atoms with van der Waals surface area (Å²) >= 11 is 0. The lowest BCUT2D eigenvalue weighted by atomic mass is 10.0. The molecule has 4 heteroatoms. The molecule has 21 heavy (non-hydrogen) atoms. The van der Waals surface area contributed by atoms with Crippen LogP contribution in [-0.2, 0) is 9.53 Å². The van der Waals surface area contributed by atoms with Crippen molar-refractivity contribution in [2.75, 3.05) is 6.61 Å². The van der Waals surface area contributed by atoms with Crippen LogP contribution in [0, 0.1) is 12.8 Å². The van der Waals surface area contributed by atoms with Crippen LogP contribution < -0.4 is 5.32 Å². The Morgan fingerprint density at radius 1 is 1.24 bits per heavy atom. The summed E-state index contributed by atoms with van der Waals surface area (Å²) in [4.78, 5) is 24.2. The molecule has 1 aromatic rings. The molecule has 1 atom stereocenters. The van der Waals surface area contributed by atoms with Crippen LogP contribution in [0.2, 0.25) is 0 Å². The number of hydrogen-bond acceptors (Lipinski definition) is 3. The summed E-state index contributed by atoms with van der Waals surface area (Å²) in [6.07, 6.45) is 0. The van der Waals surface area contributed by atoms with Crippen molar-refractivity contribution in [3.63, 3.8) is 0 Å². The lowest BCUT2D eigenvalue weighted by Gasteiger charge is -2.21. The van der Waals surface area contributed by atoms with Crippen molar-refractivity contribution in [1.82, 2.24) is 5.32 Å². The first kappa shape index (κ1) is 17.0. The third-order valence-corrected chi connectivity index (χ3v) is 2.98. The van der Waals surface area contributed by atoms with E-state index >= 15 is 0 Å². The molecule has 114 valence electrons. The Morgan fingerprint density at radius 2 is 1.81 bits per heavy atom. The topological polar surface area (TPSA) is 55.4 Å². The van der Waals surface area contributed by atoms with Crippen LogP contribution in [0.15, 0.2) is 36.4 Å². The lowest BCUT2D eigenvalue weighted by Crippen LogP contribution is -2.45. The molecule has 0 saturated carbocycles. The number of ether oxygens (including phenoxy) is 1. The molecule has 0 radical (unpaired) electrons. The molecule has 1 N–H and O–H groups in total. The van der Waals surface area contributed by atoms with E-state index in [-0.39, 0.29) is 18.4 Å². The molecule has 1 rings (SSSR count). The van der Waals surface area contributed by atoms with Crippen molar-refractivity contribution in [2.24, 2.45) is 5.92 Å². The number of aryl methyl sites for hydroxylation is 1. The maximum Gasteiger partial charge on any atom is 0.329 e. The van der Waals surface area contributed by atoms with Crippen molar-refractivity contribution in [2.45, 2.75) is 33.7 Å². The van der Waals surface area contributed by atoms with Gasteiger partial charge in [0.1, 0.15) is 12.6 Å². The first-order valence-corrected chi connectivity index (χ1v) is 6.99. The second-order valence-corrected chi connectivity index (χ2v) is 5.63. The molecular formula is C17H23NO3. The number of carbonyl (C=O) groups excluding carboxylic acids is 2. The summed E-state index contributed by atoms with van der Waals surface area (Å²) in [5, 5.41) is 2.73. The number of carbonyl (C=O) groups is 2. The Labute approximate surface area is 126 Å². The number of rotatable bonds is 6. The molecular weight excluding hydrogens is 266 g/mol. The van der Waals surface area contributed by atoms with Gasteiger partial charge in [-0.05, 0) is 37.5 Å². The van der Waals surface area contributed by atoms with E-state index < -0.39 is 12.0 Å². The van der Waals surface area contributed by atoms with Crippen LogP contribution >= 0.6 is 0 Å². The Kier molecular flexibility index (Phi) is 6.15. The average Bonchev–Trinajstić information content (AvgIpc) is 2.42. The maximum absolute atomic E-state index is 12.2. The molecule has 4 nitrogen and oxygen atoms in total. The highest BCUT2D eigenvalue weighted by molar-refractivity contribution is 5.96. The van der Waals surface area contributed by atoms with E-state index in [2.05, 4.69) is 11.9 Å². The minimum Gasteiger partial charge on any atom is -0.460 e. The second kappa shape index (κ2) is 7.62. The summed E-state index contributed by atoms with van der Waals surface area (Å²) in [7, 11) is 0. The first-order valence-electron chi connectivity index (χ1n) is 6.99. The van der Waals surface area contributed by atoms with E-state index in [0.29, 0.717) is 5.56 Å². The summed E-state index contributed by atoms with van der Waals surface area (Å²) in [6.45, 7) is 11.3. The van der Waals surface area contributed by atoms with Gasteiger partial charge in [-0.25, -0.2) is 4.79 Å². The fourth-order valence-corrected chi connectivity index (χ4v) is 1.71. The molecule has 0 aliphatic carbocycles. The van der Waals surface area contributed by atoms with E-state index in [1.165, 1.54) is 0 Å². The van der Waals surface area contributed by atoms with E-state index in [9.17, 15) is 9.59 Å². The SMILES string of the molecule is C=C(C)COC(=O)C(NC(=O)c1ccc(C)cc1)C(C)C. The number of nitrogens with one attached hydrogen (secondary N) is 1. The van der Waals surface area contributed by atoms with Crippen LogP contribution in [-0.4, -0.2) is 24.5 Å². The normalized spacial score (nSPS) is 11.9. The molecule has 1 unspecified atom stereocenters. The van der Waals surface area contributed by atoms with Gasteiger partial charge in [-0.2, -0.15) is 0 Å². The molecule has 1 amide bonds. The van der Waals surface area contributed by atoms with Crippen molar-refractivity contribution in [1.29, 1.82) is 0 Å². The predicted molar refractivity (Wildman–Crippen MR) is 83.0 cm³/mol. The highest BCUT2D eigenvalue weighted by Crippen LogP contribution is 2.08. The van der Waals surface area contributed by atoms with E-state index in [4.69, 9.17) is 4.74 Å². The van der Waals surface area contributed by atoms with Gasteiger partial charge in [-0.3, -0.25) is 4.79 Å². The van der Waals surface area contributed by atoms with Gasteiger partial charge in [0.25, 0.3) is 5.91 Å². The van der Waals surface area contributed by atoms with Crippen LogP contribution in [0.5, 0.6) is 0 Å². The summed E-state index contributed by atoms with van der Waals surface area (Å²) in [5.74, 6) is -0.772. The molecule has 0 heterocycles. The highest BCUT2D eigenvalue weighted by Gasteiger charge is 2.26. The molecule has 0 spiro atoms. The first-order chi connectivity index (χ1) is 9.81. The van der Waals surface area contributed by atoms with E-state index in [0.717, 1.165) is 11.1 Å².